The first kappa shape index (κ1) is 17.3. The summed E-state index contributed by atoms with van der Waals surface area (Å²) in [6, 6.07) is 8.85. The van der Waals surface area contributed by atoms with Gasteiger partial charge in [0.15, 0.2) is 0 Å². The van der Waals surface area contributed by atoms with Crippen LogP contribution in [0.15, 0.2) is 30.3 Å². The number of nitrogens with zero attached hydrogens (tertiary/aromatic N) is 1. The Labute approximate surface area is 151 Å². The van der Waals surface area contributed by atoms with Crippen LogP contribution in [0.25, 0.3) is 0 Å². The van der Waals surface area contributed by atoms with Crippen molar-refractivity contribution in [2.45, 2.75) is 20.3 Å². The van der Waals surface area contributed by atoms with E-state index in [1.165, 1.54) is 7.11 Å². The maximum atomic E-state index is 12.6. The fourth-order valence-electron chi connectivity index (χ4n) is 2.99. The highest BCUT2D eigenvalue weighted by molar-refractivity contribution is 6.31. The molecule has 0 bridgehead atoms. The second kappa shape index (κ2) is 6.76. The van der Waals surface area contributed by atoms with Crippen molar-refractivity contribution in [3.8, 4) is 5.75 Å². The van der Waals surface area contributed by atoms with E-state index >= 15 is 0 Å². The van der Waals surface area contributed by atoms with E-state index in [4.69, 9.17) is 16.3 Å². The van der Waals surface area contributed by atoms with Crippen molar-refractivity contribution in [2.75, 3.05) is 23.9 Å². The van der Waals surface area contributed by atoms with Gasteiger partial charge in [-0.2, -0.15) is 0 Å². The molecule has 0 spiro atoms. The molecule has 0 saturated carbocycles. The Morgan fingerprint density at radius 1 is 1.24 bits per heavy atom. The maximum absolute atomic E-state index is 12.6. The van der Waals surface area contributed by atoms with Gasteiger partial charge in [0.1, 0.15) is 5.75 Å². The van der Waals surface area contributed by atoms with E-state index in [9.17, 15) is 9.59 Å². The van der Waals surface area contributed by atoms with Gasteiger partial charge in [0.2, 0.25) is 5.91 Å². The number of carbonyl (C=O) groups excluding carboxylic acids is 2. The van der Waals surface area contributed by atoms with Crippen LogP contribution in [0.3, 0.4) is 0 Å². The van der Waals surface area contributed by atoms with Crippen molar-refractivity contribution in [2.24, 2.45) is 0 Å². The first-order valence-corrected chi connectivity index (χ1v) is 8.35. The monoisotopic (exact) mass is 358 g/mol. The second-order valence-corrected chi connectivity index (χ2v) is 6.43. The molecule has 3 rings (SSSR count). The summed E-state index contributed by atoms with van der Waals surface area (Å²) in [5.41, 5.74) is 3.84. The largest absolute Gasteiger partial charge is 0.495 e. The standard InChI is InChI=1S/C19H19ClN2O3/c1-11-8-16(18(25-3)10-15(11)20)21-19(24)14-4-5-17-13(9-14)6-7-22(17)12(2)23/h4-5,8-10H,6-7H2,1-3H3,(H,21,24). The number of amides is 2. The highest BCUT2D eigenvalue weighted by Crippen LogP contribution is 2.32. The van der Waals surface area contributed by atoms with E-state index in [-0.39, 0.29) is 11.8 Å². The van der Waals surface area contributed by atoms with E-state index in [0.717, 1.165) is 23.2 Å². The van der Waals surface area contributed by atoms with Gasteiger partial charge in [-0.05, 0) is 48.7 Å². The van der Waals surface area contributed by atoms with Crippen molar-refractivity contribution in [1.29, 1.82) is 0 Å². The molecule has 0 saturated heterocycles. The number of halogens is 1. The highest BCUT2D eigenvalue weighted by Gasteiger charge is 2.23. The predicted octanol–water partition coefficient (Wildman–Crippen LogP) is 3.82. The quantitative estimate of drug-likeness (QED) is 0.907. The number of rotatable bonds is 3. The van der Waals surface area contributed by atoms with E-state index < -0.39 is 0 Å². The first-order valence-electron chi connectivity index (χ1n) is 7.97. The van der Waals surface area contributed by atoms with E-state index in [0.29, 0.717) is 28.6 Å². The fraction of sp³-hybridized carbons (Fsp3) is 0.263. The van der Waals surface area contributed by atoms with Gasteiger partial charge in [0, 0.05) is 35.8 Å². The molecular formula is C19H19ClN2O3. The van der Waals surface area contributed by atoms with Crippen molar-refractivity contribution in [1.82, 2.24) is 0 Å². The summed E-state index contributed by atoms with van der Waals surface area (Å²) in [7, 11) is 1.53. The Morgan fingerprint density at radius 3 is 2.68 bits per heavy atom. The number of fused-ring (bicyclic) bond motifs is 1. The fourth-order valence-corrected chi connectivity index (χ4v) is 3.15. The third-order valence-corrected chi connectivity index (χ3v) is 4.75. The van der Waals surface area contributed by atoms with Gasteiger partial charge < -0.3 is 15.0 Å². The first-order chi connectivity index (χ1) is 11.9. The molecule has 0 aromatic heterocycles. The van der Waals surface area contributed by atoms with Crippen molar-refractivity contribution >= 4 is 34.8 Å². The van der Waals surface area contributed by atoms with Crippen LogP contribution in [-0.4, -0.2) is 25.5 Å². The minimum atomic E-state index is -0.232. The van der Waals surface area contributed by atoms with Crippen LogP contribution in [0.1, 0.15) is 28.4 Å². The Balaban J connectivity index is 1.86. The lowest BCUT2D eigenvalue weighted by Crippen LogP contribution is -2.25. The number of aryl methyl sites for hydroxylation is 1. The zero-order valence-electron chi connectivity index (χ0n) is 14.4. The molecule has 0 atom stereocenters. The molecular weight excluding hydrogens is 340 g/mol. The molecule has 2 amide bonds. The lowest BCUT2D eigenvalue weighted by Gasteiger charge is -2.15. The molecule has 2 aromatic rings. The molecule has 1 N–H and O–H groups in total. The SMILES string of the molecule is COc1cc(Cl)c(C)cc1NC(=O)c1ccc2c(c1)CCN2C(C)=O. The van der Waals surface area contributed by atoms with Crippen LogP contribution in [-0.2, 0) is 11.2 Å². The summed E-state index contributed by atoms with van der Waals surface area (Å²) in [5.74, 6) is 0.286. The molecule has 1 aliphatic rings. The third kappa shape index (κ3) is 3.33. The Morgan fingerprint density at radius 2 is 2.00 bits per heavy atom. The van der Waals surface area contributed by atoms with Crippen molar-refractivity contribution < 1.29 is 14.3 Å². The van der Waals surface area contributed by atoms with Crippen molar-refractivity contribution in [3.63, 3.8) is 0 Å². The van der Waals surface area contributed by atoms with Crippen LogP contribution < -0.4 is 15.0 Å². The smallest absolute Gasteiger partial charge is 0.255 e. The molecule has 0 aliphatic carbocycles. The number of ether oxygens (including phenoxy) is 1. The molecule has 130 valence electrons. The summed E-state index contributed by atoms with van der Waals surface area (Å²) < 4.78 is 5.29. The average Bonchev–Trinajstić information content (AvgIpc) is 3.01. The van der Waals surface area contributed by atoms with Gasteiger partial charge in [-0.1, -0.05) is 11.6 Å². The lowest BCUT2D eigenvalue weighted by atomic mass is 10.1. The normalized spacial score (nSPS) is 12.7. The molecule has 0 radical (unpaired) electrons. The van der Waals surface area contributed by atoms with Crippen LogP contribution >= 0.6 is 11.6 Å². The number of carbonyl (C=O) groups is 2. The summed E-state index contributed by atoms with van der Waals surface area (Å²) in [6.45, 7) is 4.06. The van der Waals surface area contributed by atoms with Crippen LogP contribution in [0.5, 0.6) is 5.75 Å². The Kier molecular flexibility index (Phi) is 4.68. The minimum absolute atomic E-state index is 0.0114. The summed E-state index contributed by atoms with van der Waals surface area (Å²) in [4.78, 5) is 26.0. The van der Waals surface area contributed by atoms with Crippen LogP contribution in [0.4, 0.5) is 11.4 Å². The summed E-state index contributed by atoms with van der Waals surface area (Å²) >= 11 is 6.10. The topological polar surface area (TPSA) is 58.6 Å². The van der Waals surface area contributed by atoms with Gasteiger partial charge in [-0.25, -0.2) is 0 Å². The van der Waals surface area contributed by atoms with E-state index in [1.807, 2.05) is 19.1 Å². The van der Waals surface area contributed by atoms with Gasteiger partial charge in [0.05, 0.1) is 12.8 Å². The molecule has 0 fully saturated rings. The minimum Gasteiger partial charge on any atom is -0.495 e. The number of hydrogen-bond donors (Lipinski definition) is 1. The number of anilines is 2. The zero-order chi connectivity index (χ0) is 18.1. The number of hydrogen-bond acceptors (Lipinski definition) is 3. The summed E-state index contributed by atoms with van der Waals surface area (Å²) in [6.07, 6.45) is 0.749. The molecule has 5 nitrogen and oxygen atoms in total. The second-order valence-electron chi connectivity index (χ2n) is 6.02. The predicted molar refractivity (Wildman–Crippen MR) is 98.9 cm³/mol. The Bertz CT molecular complexity index is 864. The van der Waals surface area contributed by atoms with Crippen LogP contribution in [0.2, 0.25) is 5.02 Å². The molecule has 1 aliphatic heterocycles. The lowest BCUT2D eigenvalue weighted by molar-refractivity contribution is -0.116. The third-order valence-electron chi connectivity index (χ3n) is 4.35. The number of benzene rings is 2. The number of nitrogens with one attached hydrogen (secondary N) is 1. The molecule has 6 heteroatoms. The highest BCUT2D eigenvalue weighted by atomic mass is 35.5. The van der Waals surface area contributed by atoms with Crippen molar-refractivity contribution in [3.05, 3.63) is 52.0 Å². The molecule has 25 heavy (non-hydrogen) atoms. The van der Waals surface area contributed by atoms with Gasteiger partial charge in [-0.15, -0.1) is 0 Å². The van der Waals surface area contributed by atoms with Gasteiger partial charge >= 0.3 is 0 Å². The van der Waals surface area contributed by atoms with E-state index in [1.54, 1.807) is 30.0 Å². The Hall–Kier alpha value is -2.53. The molecule has 0 unspecified atom stereocenters. The maximum Gasteiger partial charge on any atom is 0.255 e. The average molecular weight is 359 g/mol. The van der Waals surface area contributed by atoms with Gasteiger partial charge in [-0.3, -0.25) is 9.59 Å². The zero-order valence-corrected chi connectivity index (χ0v) is 15.1. The summed E-state index contributed by atoms with van der Waals surface area (Å²) in [5, 5.41) is 3.45. The van der Waals surface area contributed by atoms with Crippen LogP contribution in [0, 0.1) is 6.92 Å². The number of methoxy groups -OCH3 is 1. The molecule has 2 aromatic carbocycles. The van der Waals surface area contributed by atoms with E-state index in [2.05, 4.69) is 5.32 Å². The van der Waals surface area contributed by atoms with Gasteiger partial charge in [0.25, 0.3) is 5.91 Å². The molecule has 1 heterocycles.